The fourth-order valence-electron chi connectivity index (χ4n) is 1.68. The second kappa shape index (κ2) is 6.38. The van der Waals surface area contributed by atoms with E-state index in [-0.39, 0.29) is 11.7 Å². The minimum Gasteiger partial charge on any atom is -0.508 e. The molecule has 0 fully saturated rings. The lowest BCUT2D eigenvalue weighted by Crippen LogP contribution is -2.22. The Labute approximate surface area is 120 Å². The summed E-state index contributed by atoms with van der Waals surface area (Å²) in [6.07, 6.45) is 0. The van der Waals surface area contributed by atoms with Crippen LogP contribution in [0.4, 0.5) is 0 Å². The van der Waals surface area contributed by atoms with E-state index >= 15 is 0 Å². The quantitative estimate of drug-likeness (QED) is 0.850. The molecule has 19 heavy (non-hydrogen) atoms. The predicted octanol–water partition coefficient (Wildman–Crippen LogP) is 3.22. The molecule has 0 aromatic heterocycles. The molecule has 3 nitrogen and oxygen atoms in total. The van der Waals surface area contributed by atoms with E-state index in [4.69, 9.17) is 0 Å². The summed E-state index contributed by atoms with van der Waals surface area (Å²) in [7, 11) is 0. The van der Waals surface area contributed by atoms with Crippen LogP contribution < -0.4 is 5.32 Å². The molecule has 0 saturated carbocycles. The Morgan fingerprint density at radius 2 is 1.79 bits per heavy atom. The Morgan fingerprint density at radius 1 is 1.11 bits per heavy atom. The van der Waals surface area contributed by atoms with Crippen LogP contribution in [0.3, 0.4) is 0 Å². The minimum atomic E-state index is -0.194. The van der Waals surface area contributed by atoms with E-state index in [1.54, 1.807) is 12.1 Å². The number of rotatable bonds is 4. The molecule has 4 heteroatoms. The largest absolute Gasteiger partial charge is 0.508 e. The second-order valence-corrected chi connectivity index (χ2v) is 4.74. The predicted molar refractivity (Wildman–Crippen MR) is 78.4 cm³/mol. The van der Waals surface area contributed by atoms with E-state index < -0.39 is 0 Å². The van der Waals surface area contributed by atoms with Gasteiger partial charge in [-0.25, -0.2) is 0 Å². The maximum atomic E-state index is 11.9. The van der Waals surface area contributed by atoms with Crippen molar-refractivity contribution >= 4 is 21.8 Å². The molecule has 2 rings (SSSR count). The van der Waals surface area contributed by atoms with Gasteiger partial charge in [-0.3, -0.25) is 4.79 Å². The first-order valence-corrected chi connectivity index (χ1v) is 7.02. The molecule has 2 aromatic rings. The highest BCUT2D eigenvalue weighted by atomic mass is 79.9. The molecule has 0 radical (unpaired) electrons. The number of hydrogen-bond acceptors (Lipinski definition) is 2. The van der Waals surface area contributed by atoms with Crippen LogP contribution in [0.5, 0.6) is 5.75 Å². The topological polar surface area (TPSA) is 49.3 Å². The molecular weight excluding hydrogens is 306 g/mol. The van der Waals surface area contributed by atoms with Crippen molar-refractivity contribution in [3.63, 3.8) is 0 Å². The lowest BCUT2D eigenvalue weighted by Gasteiger charge is -2.06. The average molecular weight is 320 g/mol. The fourth-order valence-corrected chi connectivity index (χ4v) is 2.05. The second-order valence-electron chi connectivity index (χ2n) is 4.18. The lowest BCUT2D eigenvalue weighted by atomic mass is 10.1. The van der Waals surface area contributed by atoms with E-state index in [2.05, 4.69) is 21.2 Å². The van der Waals surface area contributed by atoms with E-state index in [1.807, 2.05) is 24.3 Å². The van der Waals surface area contributed by atoms with Crippen LogP contribution in [0, 0.1) is 0 Å². The summed E-state index contributed by atoms with van der Waals surface area (Å²) in [5.74, 6) is -0.102. The monoisotopic (exact) mass is 319 g/mol. The van der Waals surface area contributed by atoms with Crippen molar-refractivity contribution in [1.29, 1.82) is 0 Å². The minimum absolute atomic E-state index is 0.0920. The van der Waals surface area contributed by atoms with Gasteiger partial charge in [0.1, 0.15) is 5.75 Å². The molecule has 0 aliphatic heterocycles. The van der Waals surface area contributed by atoms with Crippen molar-refractivity contribution in [2.75, 3.05) is 0 Å². The zero-order valence-electron chi connectivity index (χ0n) is 10.3. The molecular formula is C15H14BrNO2. The molecule has 0 aliphatic carbocycles. The third-order valence-electron chi connectivity index (χ3n) is 2.74. The molecule has 98 valence electrons. The summed E-state index contributed by atoms with van der Waals surface area (Å²) in [4.78, 5) is 11.9. The maximum absolute atomic E-state index is 11.9. The Morgan fingerprint density at radius 3 is 2.42 bits per heavy atom. The highest BCUT2D eigenvalue weighted by molar-refractivity contribution is 9.08. The summed E-state index contributed by atoms with van der Waals surface area (Å²) in [5, 5.41) is 13.0. The van der Waals surface area contributed by atoms with Crippen molar-refractivity contribution in [3.05, 3.63) is 65.2 Å². The first kappa shape index (κ1) is 13.6. The van der Waals surface area contributed by atoms with Crippen molar-refractivity contribution in [1.82, 2.24) is 5.32 Å². The number of halogens is 1. The third-order valence-corrected chi connectivity index (χ3v) is 3.39. The van der Waals surface area contributed by atoms with Crippen LogP contribution in [-0.2, 0) is 11.9 Å². The first-order chi connectivity index (χ1) is 9.19. The van der Waals surface area contributed by atoms with Crippen LogP contribution in [0.1, 0.15) is 21.5 Å². The van der Waals surface area contributed by atoms with Gasteiger partial charge in [0.2, 0.25) is 0 Å². The Hall–Kier alpha value is -1.81. The molecule has 0 heterocycles. The number of aromatic hydroxyl groups is 1. The Balaban J connectivity index is 1.96. The van der Waals surface area contributed by atoms with Crippen LogP contribution in [0.15, 0.2) is 48.5 Å². The summed E-state index contributed by atoms with van der Waals surface area (Å²) in [6.45, 7) is 0.469. The summed E-state index contributed by atoms with van der Waals surface area (Å²) >= 11 is 3.39. The van der Waals surface area contributed by atoms with Crippen LogP contribution in [0.2, 0.25) is 0 Å². The van der Waals surface area contributed by atoms with Gasteiger partial charge >= 0.3 is 0 Å². The highest BCUT2D eigenvalue weighted by Crippen LogP contribution is 2.11. The normalized spacial score (nSPS) is 10.2. The van der Waals surface area contributed by atoms with Gasteiger partial charge in [-0.1, -0.05) is 46.3 Å². The van der Waals surface area contributed by atoms with Crippen molar-refractivity contribution in [2.24, 2.45) is 0 Å². The van der Waals surface area contributed by atoms with Gasteiger partial charge in [0.05, 0.1) is 0 Å². The molecule has 2 aromatic carbocycles. The van der Waals surface area contributed by atoms with E-state index in [0.717, 1.165) is 10.9 Å². The summed E-state index contributed by atoms with van der Waals surface area (Å²) in [6, 6.07) is 14.3. The van der Waals surface area contributed by atoms with Gasteiger partial charge in [0, 0.05) is 17.4 Å². The van der Waals surface area contributed by atoms with Crippen LogP contribution in [0.25, 0.3) is 0 Å². The fraction of sp³-hybridized carbons (Fsp3) is 0.133. The van der Waals surface area contributed by atoms with Crippen molar-refractivity contribution < 1.29 is 9.90 Å². The molecule has 0 unspecified atom stereocenters. The first-order valence-electron chi connectivity index (χ1n) is 5.90. The standard InChI is InChI=1S/C15H14BrNO2/c16-9-11-4-6-12(7-5-11)10-17-15(19)13-2-1-3-14(18)8-13/h1-8,18H,9-10H2,(H,17,19). The van der Waals surface area contributed by atoms with E-state index in [0.29, 0.717) is 12.1 Å². The summed E-state index contributed by atoms with van der Waals surface area (Å²) in [5.41, 5.74) is 2.69. The van der Waals surface area contributed by atoms with Crippen molar-refractivity contribution in [2.45, 2.75) is 11.9 Å². The number of benzene rings is 2. The number of phenols is 1. The molecule has 0 spiro atoms. The average Bonchev–Trinajstić information content (AvgIpc) is 2.45. The van der Waals surface area contributed by atoms with Gasteiger partial charge in [0.25, 0.3) is 5.91 Å². The van der Waals surface area contributed by atoms with E-state index in [1.165, 1.54) is 17.7 Å². The zero-order valence-corrected chi connectivity index (χ0v) is 11.9. The van der Waals surface area contributed by atoms with Crippen LogP contribution >= 0.6 is 15.9 Å². The number of nitrogens with one attached hydrogen (secondary N) is 1. The molecule has 0 saturated heterocycles. The molecule has 0 aliphatic rings. The number of phenolic OH excluding ortho intramolecular Hbond substituents is 1. The van der Waals surface area contributed by atoms with E-state index in [9.17, 15) is 9.90 Å². The van der Waals surface area contributed by atoms with Gasteiger partial charge in [-0.2, -0.15) is 0 Å². The highest BCUT2D eigenvalue weighted by Gasteiger charge is 2.05. The number of hydrogen-bond donors (Lipinski definition) is 2. The number of amides is 1. The van der Waals surface area contributed by atoms with Gasteiger partial charge in [-0.05, 0) is 29.3 Å². The Bertz CT molecular complexity index is 567. The Kier molecular flexibility index (Phi) is 4.58. The number of carbonyl (C=O) groups excluding carboxylic acids is 1. The smallest absolute Gasteiger partial charge is 0.251 e. The molecule has 0 bridgehead atoms. The molecule has 1 amide bonds. The lowest BCUT2D eigenvalue weighted by molar-refractivity contribution is 0.0950. The van der Waals surface area contributed by atoms with Crippen molar-refractivity contribution in [3.8, 4) is 5.75 Å². The van der Waals surface area contributed by atoms with Gasteiger partial charge < -0.3 is 10.4 Å². The van der Waals surface area contributed by atoms with Crippen LogP contribution in [-0.4, -0.2) is 11.0 Å². The van der Waals surface area contributed by atoms with Gasteiger partial charge in [0.15, 0.2) is 0 Å². The zero-order chi connectivity index (χ0) is 13.7. The maximum Gasteiger partial charge on any atom is 0.251 e. The molecule has 2 N–H and O–H groups in total. The summed E-state index contributed by atoms with van der Waals surface area (Å²) < 4.78 is 0. The SMILES string of the molecule is O=C(NCc1ccc(CBr)cc1)c1cccc(O)c1. The van der Waals surface area contributed by atoms with Gasteiger partial charge in [-0.15, -0.1) is 0 Å². The number of alkyl halides is 1. The third kappa shape index (κ3) is 3.83. The number of carbonyl (C=O) groups is 1. The molecule has 0 atom stereocenters.